The van der Waals surface area contributed by atoms with Crippen molar-refractivity contribution < 1.29 is 8.98 Å². The largest absolute Gasteiger partial charge is 0.422 e. The average molecular weight is 363 g/mol. The lowest BCUT2D eigenvalue weighted by Crippen LogP contribution is -2.28. The van der Waals surface area contributed by atoms with Gasteiger partial charge in [-0.2, -0.15) is 4.57 Å². The SMILES string of the molecule is CN(C)c1ccc2cc(C=Cc3sc4ccccc4[n+]3C)c(=O)oc2c1. The fraction of sp³-hybridized carbons (Fsp3) is 0.143. The smallest absolute Gasteiger partial charge is 0.343 e. The molecule has 0 bridgehead atoms. The molecule has 5 heteroatoms. The van der Waals surface area contributed by atoms with Crippen LogP contribution in [0.3, 0.4) is 0 Å². The molecule has 0 saturated heterocycles. The van der Waals surface area contributed by atoms with Crippen molar-refractivity contribution in [2.24, 2.45) is 7.05 Å². The molecular weight excluding hydrogens is 344 g/mol. The van der Waals surface area contributed by atoms with Crippen molar-refractivity contribution in [1.82, 2.24) is 0 Å². The van der Waals surface area contributed by atoms with E-state index in [1.54, 1.807) is 11.3 Å². The predicted molar refractivity (Wildman–Crippen MR) is 109 cm³/mol. The normalized spacial score (nSPS) is 11.7. The van der Waals surface area contributed by atoms with Crippen LogP contribution in [-0.4, -0.2) is 14.1 Å². The second-order valence-electron chi connectivity index (χ2n) is 6.41. The van der Waals surface area contributed by atoms with E-state index in [-0.39, 0.29) is 5.63 Å². The van der Waals surface area contributed by atoms with E-state index in [0.717, 1.165) is 16.1 Å². The van der Waals surface area contributed by atoms with Gasteiger partial charge >= 0.3 is 5.63 Å². The van der Waals surface area contributed by atoms with Gasteiger partial charge in [-0.15, -0.1) is 0 Å². The standard InChI is InChI=1S/C21H19N2O2S/c1-22(2)16-10-8-14-12-15(21(24)25-18(14)13-16)9-11-20-23(3)17-6-4-5-7-19(17)26-20/h4-13H,1-3H3/q+1. The maximum atomic E-state index is 12.4. The highest BCUT2D eigenvalue weighted by Crippen LogP contribution is 2.23. The highest BCUT2D eigenvalue weighted by Gasteiger charge is 2.14. The number of nitrogens with zero attached hydrogens (tertiary/aromatic N) is 2. The molecule has 4 rings (SSSR count). The Kier molecular flexibility index (Phi) is 4.09. The molecule has 0 spiro atoms. The molecule has 0 atom stereocenters. The zero-order valence-electron chi connectivity index (χ0n) is 14.9. The zero-order valence-corrected chi connectivity index (χ0v) is 15.7. The summed E-state index contributed by atoms with van der Waals surface area (Å²) in [6, 6.07) is 16.0. The maximum absolute atomic E-state index is 12.4. The van der Waals surface area contributed by atoms with Gasteiger partial charge in [-0.25, -0.2) is 4.79 Å². The first-order chi connectivity index (χ1) is 12.5. The summed E-state index contributed by atoms with van der Waals surface area (Å²) in [7, 11) is 5.95. The van der Waals surface area contributed by atoms with Crippen molar-refractivity contribution in [2.75, 3.05) is 19.0 Å². The van der Waals surface area contributed by atoms with Crippen LogP contribution in [0.4, 0.5) is 5.69 Å². The number of hydrogen-bond acceptors (Lipinski definition) is 4. The minimum Gasteiger partial charge on any atom is -0.422 e. The monoisotopic (exact) mass is 363 g/mol. The number of anilines is 1. The second-order valence-corrected chi connectivity index (χ2v) is 7.47. The van der Waals surface area contributed by atoms with E-state index in [4.69, 9.17) is 4.42 Å². The molecule has 0 aliphatic heterocycles. The maximum Gasteiger partial charge on any atom is 0.343 e. The lowest BCUT2D eigenvalue weighted by molar-refractivity contribution is -0.642. The Hall–Kier alpha value is -2.92. The predicted octanol–water partition coefficient (Wildman–Crippen LogP) is 4.07. The summed E-state index contributed by atoms with van der Waals surface area (Å²) >= 11 is 1.70. The van der Waals surface area contributed by atoms with Crippen LogP contribution in [0.15, 0.2) is 57.7 Å². The third-order valence-electron chi connectivity index (χ3n) is 4.44. The van der Waals surface area contributed by atoms with E-state index in [1.165, 1.54) is 10.2 Å². The summed E-state index contributed by atoms with van der Waals surface area (Å²) in [4.78, 5) is 14.3. The first-order valence-electron chi connectivity index (χ1n) is 8.34. The highest BCUT2D eigenvalue weighted by molar-refractivity contribution is 7.18. The molecule has 0 unspecified atom stereocenters. The van der Waals surface area contributed by atoms with Crippen molar-refractivity contribution in [3.8, 4) is 0 Å². The summed E-state index contributed by atoms with van der Waals surface area (Å²) in [5, 5.41) is 1.99. The molecule has 26 heavy (non-hydrogen) atoms. The quantitative estimate of drug-likeness (QED) is 0.407. The summed E-state index contributed by atoms with van der Waals surface area (Å²) in [6.07, 6.45) is 3.80. The van der Waals surface area contributed by atoms with Gasteiger partial charge in [0.25, 0.3) is 5.01 Å². The van der Waals surface area contributed by atoms with Crippen molar-refractivity contribution in [3.63, 3.8) is 0 Å². The molecule has 2 heterocycles. The zero-order chi connectivity index (χ0) is 18.3. The molecule has 0 saturated carbocycles. The Morgan fingerprint density at radius 3 is 2.65 bits per heavy atom. The van der Waals surface area contributed by atoms with E-state index in [9.17, 15) is 4.79 Å². The molecule has 0 radical (unpaired) electrons. The van der Waals surface area contributed by atoms with Crippen LogP contribution in [0.25, 0.3) is 33.3 Å². The van der Waals surface area contributed by atoms with E-state index in [2.05, 4.69) is 16.7 Å². The molecule has 4 aromatic rings. The molecule has 0 N–H and O–H groups in total. The molecule has 2 aromatic heterocycles. The summed E-state index contributed by atoms with van der Waals surface area (Å²) in [6.45, 7) is 0. The van der Waals surface area contributed by atoms with Gasteiger partial charge in [0.05, 0.1) is 5.56 Å². The summed E-state index contributed by atoms with van der Waals surface area (Å²) in [5.74, 6) is 0. The van der Waals surface area contributed by atoms with E-state index in [1.807, 2.05) is 74.6 Å². The number of aryl methyl sites for hydroxylation is 1. The molecule has 0 amide bonds. The van der Waals surface area contributed by atoms with Gasteiger partial charge in [-0.1, -0.05) is 23.5 Å². The molecule has 2 aromatic carbocycles. The van der Waals surface area contributed by atoms with Crippen molar-refractivity contribution in [2.45, 2.75) is 0 Å². The number of para-hydroxylation sites is 1. The van der Waals surface area contributed by atoms with Gasteiger partial charge in [-0.3, -0.25) is 0 Å². The van der Waals surface area contributed by atoms with Crippen LogP contribution in [0.5, 0.6) is 0 Å². The average Bonchev–Trinajstić information content (AvgIpc) is 2.95. The van der Waals surface area contributed by atoms with Gasteiger partial charge in [0.2, 0.25) is 5.52 Å². The lowest BCUT2D eigenvalue weighted by atomic mass is 10.1. The van der Waals surface area contributed by atoms with Gasteiger partial charge in [0.15, 0.2) is 0 Å². The van der Waals surface area contributed by atoms with Gasteiger partial charge < -0.3 is 9.32 Å². The van der Waals surface area contributed by atoms with Crippen molar-refractivity contribution >= 4 is 50.4 Å². The number of thiazole rings is 1. The lowest BCUT2D eigenvalue weighted by Gasteiger charge is -2.12. The Morgan fingerprint density at radius 2 is 1.88 bits per heavy atom. The number of rotatable bonds is 3. The number of fused-ring (bicyclic) bond motifs is 2. The van der Waals surface area contributed by atoms with Crippen LogP contribution in [-0.2, 0) is 7.05 Å². The molecule has 0 fully saturated rings. The van der Waals surface area contributed by atoms with Crippen molar-refractivity contribution in [3.05, 3.63) is 69.5 Å². The van der Waals surface area contributed by atoms with Gasteiger partial charge in [-0.05, 0) is 30.3 Å². The van der Waals surface area contributed by atoms with Crippen LogP contribution in [0, 0.1) is 0 Å². The highest BCUT2D eigenvalue weighted by atomic mass is 32.1. The Bertz CT molecular complexity index is 1200. The first kappa shape index (κ1) is 16.5. The second kappa shape index (κ2) is 6.42. The molecule has 0 aliphatic rings. The third kappa shape index (κ3) is 2.91. The Balaban J connectivity index is 1.75. The van der Waals surface area contributed by atoms with Crippen LogP contribution < -0.4 is 15.1 Å². The molecular formula is C21H19N2O2S+. The number of benzene rings is 2. The summed E-state index contributed by atoms with van der Waals surface area (Å²) < 4.78 is 8.87. The minimum atomic E-state index is -0.326. The Morgan fingerprint density at radius 1 is 1.08 bits per heavy atom. The molecule has 4 nitrogen and oxygen atoms in total. The summed E-state index contributed by atoms with van der Waals surface area (Å²) in [5.41, 5.74) is 3.01. The van der Waals surface area contributed by atoms with Crippen LogP contribution >= 0.6 is 11.3 Å². The van der Waals surface area contributed by atoms with Crippen LogP contribution in [0.1, 0.15) is 10.6 Å². The fourth-order valence-corrected chi connectivity index (χ4v) is 3.99. The van der Waals surface area contributed by atoms with E-state index < -0.39 is 0 Å². The Labute approximate surface area is 155 Å². The third-order valence-corrected chi connectivity index (χ3v) is 5.62. The number of aromatic nitrogens is 1. The van der Waals surface area contributed by atoms with Gasteiger partial charge in [0.1, 0.15) is 17.3 Å². The van der Waals surface area contributed by atoms with E-state index in [0.29, 0.717) is 11.1 Å². The first-order valence-corrected chi connectivity index (χ1v) is 9.15. The van der Waals surface area contributed by atoms with E-state index >= 15 is 0 Å². The van der Waals surface area contributed by atoms with Crippen molar-refractivity contribution in [1.29, 1.82) is 0 Å². The topological polar surface area (TPSA) is 37.3 Å². The molecule has 130 valence electrons. The molecule has 0 aliphatic carbocycles. The number of hydrogen-bond donors (Lipinski definition) is 0. The van der Waals surface area contributed by atoms with Gasteiger partial charge in [0, 0.05) is 43.4 Å². The minimum absolute atomic E-state index is 0.326. The van der Waals surface area contributed by atoms with Crippen LogP contribution in [0.2, 0.25) is 0 Å². The fourth-order valence-electron chi connectivity index (χ4n) is 2.94.